The quantitative estimate of drug-likeness (QED) is 0.738. The van der Waals surface area contributed by atoms with Gasteiger partial charge in [0.1, 0.15) is 5.82 Å². The summed E-state index contributed by atoms with van der Waals surface area (Å²) in [4.78, 5) is 0. The van der Waals surface area contributed by atoms with Crippen LogP contribution in [0.5, 0.6) is 0 Å². The molecule has 0 aromatic heterocycles. The van der Waals surface area contributed by atoms with E-state index in [9.17, 15) is 17.6 Å². The van der Waals surface area contributed by atoms with Crippen LogP contribution in [0.1, 0.15) is 11.1 Å². The van der Waals surface area contributed by atoms with E-state index in [0.29, 0.717) is 11.1 Å². The molecule has 0 unspecified atom stereocenters. The van der Waals surface area contributed by atoms with Crippen LogP contribution in [0.3, 0.4) is 0 Å². The molecule has 1 nitrogen and oxygen atoms in total. The highest BCUT2D eigenvalue weighted by atomic mass is 19.4. The van der Waals surface area contributed by atoms with Crippen molar-refractivity contribution in [2.75, 3.05) is 0 Å². The molecule has 2 rings (SSSR count). The molecule has 0 radical (unpaired) electrons. The van der Waals surface area contributed by atoms with Gasteiger partial charge in [-0.1, -0.05) is 18.2 Å². The molecule has 0 atom stereocenters. The zero-order valence-corrected chi connectivity index (χ0v) is 10.2. The lowest BCUT2D eigenvalue weighted by atomic mass is 10.00. The van der Waals surface area contributed by atoms with E-state index in [1.165, 1.54) is 24.3 Å². The molecule has 2 aromatic carbocycles. The first-order valence-corrected chi connectivity index (χ1v) is 5.75. The summed E-state index contributed by atoms with van der Waals surface area (Å²) in [6.07, 6.45) is -4.55. The summed E-state index contributed by atoms with van der Waals surface area (Å²) in [5.41, 5.74) is 0.185. The fourth-order valence-corrected chi connectivity index (χ4v) is 1.85. The lowest BCUT2D eigenvalue weighted by Gasteiger charge is -2.09. The number of rotatable bonds is 2. The summed E-state index contributed by atoms with van der Waals surface area (Å²) in [6.45, 7) is 0. The smallest absolute Gasteiger partial charge is 0.207 e. The highest BCUT2D eigenvalue weighted by molar-refractivity contribution is 5.65. The van der Waals surface area contributed by atoms with Crippen molar-refractivity contribution in [3.8, 4) is 17.2 Å². The van der Waals surface area contributed by atoms with Crippen molar-refractivity contribution < 1.29 is 17.6 Å². The average molecular weight is 279 g/mol. The van der Waals surface area contributed by atoms with Crippen molar-refractivity contribution >= 4 is 0 Å². The second-order valence-corrected chi connectivity index (χ2v) is 4.22. The third kappa shape index (κ3) is 2.97. The standard InChI is InChI=1S/C15H9F4N/c16-14-5-4-11(8-12(14)6-7-20)10-2-1-3-13(9-10)15(17,18)19/h1-5,8-9H,6H2. The Morgan fingerprint density at radius 2 is 1.70 bits per heavy atom. The van der Waals surface area contributed by atoms with E-state index in [4.69, 9.17) is 5.26 Å². The second kappa shape index (κ2) is 5.33. The van der Waals surface area contributed by atoms with Gasteiger partial charge in [0.25, 0.3) is 0 Å². The van der Waals surface area contributed by atoms with E-state index >= 15 is 0 Å². The van der Waals surface area contributed by atoms with Gasteiger partial charge >= 0.3 is 6.18 Å². The van der Waals surface area contributed by atoms with E-state index in [1.54, 1.807) is 0 Å². The number of benzene rings is 2. The molecule has 0 heterocycles. The number of hydrogen-bond acceptors (Lipinski definition) is 1. The highest BCUT2D eigenvalue weighted by Crippen LogP contribution is 2.32. The number of hydrogen-bond donors (Lipinski definition) is 0. The summed E-state index contributed by atoms with van der Waals surface area (Å²) in [5.74, 6) is -0.540. The predicted octanol–water partition coefficient (Wildman–Crippen LogP) is 4.58. The fourth-order valence-electron chi connectivity index (χ4n) is 1.85. The molecule has 20 heavy (non-hydrogen) atoms. The van der Waals surface area contributed by atoms with Crippen LogP contribution in [0.2, 0.25) is 0 Å². The minimum absolute atomic E-state index is 0.126. The summed E-state index contributed by atoms with van der Waals surface area (Å²) in [6, 6.07) is 10.6. The molecule has 0 N–H and O–H groups in total. The molecule has 0 aliphatic heterocycles. The summed E-state index contributed by atoms with van der Waals surface area (Å²) in [7, 11) is 0. The van der Waals surface area contributed by atoms with Gasteiger partial charge in [-0.05, 0) is 35.4 Å². The Kier molecular flexibility index (Phi) is 3.75. The van der Waals surface area contributed by atoms with Gasteiger partial charge in [-0.2, -0.15) is 18.4 Å². The van der Waals surface area contributed by atoms with Crippen molar-refractivity contribution in [3.05, 3.63) is 59.4 Å². The first-order chi connectivity index (χ1) is 9.41. The van der Waals surface area contributed by atoms with Crippen LogP contribution in [0, 0.1) is 17.1 Å². The minimum atomic E-state index is -4.43. The lowest BCUT2D eigenvalue weighted by Crippen LogP contribution is -2.04. The largest absolute Gasteiger partial charge is 0.416 e. The normalized spacial score (nSPS) is 11.2. The van der Waals surface area contributed by atoms with E-state index < -0.39 is 17.6 Å². The Bertz CT molecular complexity index is 668. The van der Waals surface area contributed by atoms with Crippen molar-refractivity contribution in [2.45, 2.75) is 12.6 Å². The van der Waals surface area contributed by atoms with E-state index in [0.717, 1.165) is 18.2 Å². The topological polar surface area (TPSA) is 23.8 Å². The molecule has 0 saturated carbocycles. The third-order valence-electron chi connectivity index (χ3n) is 2.84. The summed E-state index contributed by atoms with van der Waals surface area (Å²) < 4.78 is 51.3. The maximum atomic E-state index is 13.4. The van der Waals surface area contributed by atoms with Gasteiger partial charge in [0.05, 0.1) is 18.1 Å². The van der Waals surface area contributed by atoms with Crippen LogP contribution in [0.15, 0.2) is 42.5 Å². The van der Waals surface area contributed by atoms with Gasteiger partial charge in [0.15, 0.2) is 0 Å². The monoisotopic (exact) mass is 279 g/mol. The number of nitriles is 1. The average Bonchev–Trinajstić information content (AvgIpc) is 2.41. The zero-order chi connectivity index (χ0) is 14.8. The van der Waals surface area contributed by atoms with Gasteiger partial charge in [0, 0.05) is 5.56 Å². The number of nitrogens with zero attached hydrogens (tertiary/aromatic N) is 1. The van der Waals surface area contributed by atoms with Crippen molar-refractivity contribution in [1.29, 1.82) is 5.26 Å². The molecule has 0 spiro atoms. The molecule has 5 heteroatoms. The van der Waals surface area contributed by atoms with Gasteiger partial charge in [-0.3, -0.25) is 0 Å². The molecular formula is C15H9F4N. The molecule has 0 saturated heterocycles. The van der Waals surface area contributed by atoms with E-state index in [1.807, 2.05) is 6.07 Å². The zero-order valence-electron chi connectivity index (χ0n) is 10.2. The molecule has 0 aliphatic rings. The number of halogens is 4. The Hall–Kier alpha value is -2.35. The molecular weight excluding hydrogens is 270 g/mol. The fraction of sp³-hybridized carbons (Fsp3) is 0.133. The van der Waals surface area contributed by atoms with E-state index in [2.05, 4.69) is 0 Å². The van der Waals surface area contributed by atoms with Gasteiger partial charge in [0.2, 0.25) is 0 Å². The predicted molar refractivity (Wildman–Crippen MR) is 66.2 cm³/mol. The first kappa shape index (κ1) is 14.1. The molecule has 0 fully saturated rings. The van der Waals surface area contributed by atoms with Crippen LogP contribution < -0.4 is 0 Å². The maximum Gasteiger partial charge on any atom is 0.416 e. The van der Waals surface area contributed by atoms with Crippen LogP contribution in [-0.4, -0.2) is 0 Å². The van der Waals surface area contributed by atoms with Gasteiger partial charge < -0.3 is 0 Å². The van der Waals surface area contributed by atoms with Crippen molar-refractivity contribution in [2.24, 2.45) is 0 Å². The van der Waals surface area contributed by atoms with Gasteiger partial charge in [-0.25, -0.2) is 4.39 Å². The Morgan fingerprint density at radius 1 is 1.00 bits per heavy atom. The van der Waals surface area contributed by atoms with Crippen molar-refractivity contribution in [3.63, 3.8) is 0 Å². The van der Waals surface area contributed by atoms with Crippen LogP contribution in [0.25, 0.3) is 11.1 Å². The molecule has 2 aromatic rings. The first-order valence-electron chi connectivity index (χ1n) is 5.75. The Balaban J connectivity index is 2.47. The van der Waals surface area contributed by atoms with Crippen LogP contribution in [0.4, 0.5) is 17.6 Å². The lowest BCUT2D eigenvalue weighted by molar-refractivity contribution is -0.137. The molecule has 0 amide bonds. The SMILES string of the molecule is N#CCc1cc(-c2cccc(C(F)(F)F)c2)ccc1F. The Labute approximate surface area is 113 Å². The Morgan fingerprint density at radius 3 is 2.35 bits per heavy atom. The summed E-state index contributed by atoms with van der Waals surface area (Å²) in [5, 5.41) is 8.59. The molecule has 0 bridgehead atoms. The number of alkyl halides is 3. The summed E-state index contributed by atoms with van der Waals surface area (Å²) >= 11 is 0. The highest BCUT2D eigenvalue weighted by Gasteiger charge is 2.30. The van der Waals surface area contributed by atoms with Crippen LogP contribution >= 0.6 is 0 Å². The molecule has 0 aliphatic carbocycles. The van der Waals surface area contributed by atoms with Crippen molar-refractivity contribution in [1.82, 2.24) is 0 Å². The minimum Gasteiger partial charge on any atom is -0.207 e. The third-order valence-corrected chi connectivity index (χ3v) is 2.84. The van der Waals surface area contributed by atoms with Gasteiger partial charge in [-0.15, -0.1) is 0 Å². The molecule has 102 valence electrons. The maximum absolute atomic E-state index is 13.4. The van der Waals surface area contributed by atoms with Crippen LogP contribution in [-0.2, 0) is 12.6 Å². The second-order valence-electron chi connectivity index (χ2n) is 4.22. The van der Waals surface area contributed by atoms with E-state index in [-0.39, 0.29) is 12.0 Å².